The highest BCUT2D eigenvalue weighted by Gasteiger charge is 2.44. The van der Waals surface area contributed by atoms with Crippen molar-refractivity contribution in [3.63, 3.8) is 0 Å². The Bertz CT molecular complexity index is 751. The Morgan fingerprint density at radius 3 is 2.83 bits per heavy atom. The van der Waals surface area contributed by atoms with Crippen LogP contribution in [0.5, 0.6) is 0 Å². The third-order valence-corrected chi connectivity index (χ3v) is 5.59. The average Bonchev–Trinajstić information content (AvgIpc) is 3.35. The Kier molecular flexibility index (Phi) is 7.10. The van der Waals surface area contributed by atoms with Crippen LogP contribution in [0.25, 0.3) is 0 Å². The van der Waals surface area contributed by atoms with Gasteiger partial charge in [0.25, 0.3) is 0 Å². The van der Waals surface area contributed by atoms with Gasteiger partial charge in [-0.05, 0) is 58.6 Å². The standard InChI is InChI=1S/C23H36N4O3/c1-16(2)13-25-21(24-11-10-18-7-6-12-29-18)27-14-17-8-9-20(19(17)15-27)26-22(28)30-23(3,4)5/h6-7,12,17,19-20H,1,8-11,13-15H2,2-5H3,(H,24,25)(H,26,28). The minimum absolute atomic E-state index is 0.153. The van der Waals surface area contributed by atoms with Gasteiger partial charge in [-0.2, -0.15) is 0 Å². The molecular formula is C23H36N4O3. The molecule has 2 fully saturated rings. The van der Waals surface area contributed by atoms with E-state index in [0.29, 0.717) is 18.4 Å². The van der Waals surface area contributed by atoms with E-state index in [-0.39, 0.29) is 12.1 Å². The largest absolute Gasteiger partial charge is 0.469 e. The summed E-state index contributed by atoms with van der Waals surface area (Å²) in [6.07, 6.45) is 4.31. The van der Waals surface area contributed by atoms with Crippen LogP contribution in [0.3, 0.4) is 0 Å². The van der Waals surface area contributed by atoms with Gasteiger partial charge in [-0.1, -0.05) is 12.2 Å². The molecule has 1 aromatic rings. The summed E-state index contributed by atoms with van der Waals surface area (Å²) in [7, 11) is 0. The number of carbonyl (C=O) groups is 1. The fourth-order valence-corrected chi connectivity index (χ4v) is 4.31. The highest BCUT2D eigenvalue weighted by molar-refractivity contribution is 5.80. The number of guanidine groups is 1. The molecule has 7 nitrogen and oxygen atoms in total. The maximum atomic E-state index is 12.2. The molecule has 1 saturated carbocycles. The van der Waals surface area contributed by atoms with Crippen molar-refractivity contribution >= 4 is 12.1 Å². The third-order valence-electron chi connectivity index (χ3n) is 5.59. The van der Waals surface area contributed by atoms with Gasteiger partial charge in [-0.3, -0.25) is 0 Å². The van der Waals surface area contributed by atoms with Gasteiger partial charge in [-0.15, -0.1) is 0 Å². The first-order valence-electron chi connectivity index (χ1n) is 10.9. The van der Waals surface area contributed by atoms with Crippen molar-refractivity contribution in [1.82, 2.24) is 15.5 Å². The number of ether oxygens (including phenoxy) is 1. The quantitative estimate of drug-likeness (QED) is 0.421. The van der Waals surface area contributed by atoms with Crippen LogP contribution in [-0.2, 0) is 11.2 Å². The summed E-state index contributed by atoms with van der Waals surface area (Å²) < 4.78 is 10.9. The summed E-state index contributed by atoms with van der Waals surface area (Å²) >= 11 is 0. The van der Waals surface area contributed by atoms with E-state index in [1.165, 1.54) is 0 Å². The van der Waals surface area contributed by atoms with Gasteiger partial charge in [0.2, 0.25) is 0 Å². The van der Waals surface area contributed by atoms with Gasteiger partial charge in [0.1, 0.15) is 11.4 Å². The van der Waals surface area contributed by atoms with Crippen molar-refractivity contribution < 1.29 is 13.9 Å². The molecular weight excluding hydrogens is 380 g/mol. The lowest BCUT2D eigenvalue weighted by atomic mass is 9.98. The Hall–Kier alpha value is -2.44. The average molecular weight is 417 g/mol. The van der Waals surface area contributed by atoms with E-state index in [1.54, 1.807) is 6.26 Å². The summed E-state index contributed by atoms with van der Waals surface area (Å²) in [5.74, 6) is 2.85. The first kappa shape index (κ1) is 22.2. The molecule has 1 aliphatic carbocycles. The predicted molar refractivity (Wildman–Crippen MR) is 118 cm³/mol. The Labute approximate surface area is 179 Å². The highest BCUT2D eigenvalue weighted by Crippen LogP contribution is 2.38. The Balaban J connectivity index is 1.58. The van der Waals surface area contributed by atoms with E-state index < -0.39 is 5.60 Å². The first-order valence-corrected chi connectivity index (χ1v) is 10.9. The molecule has 1 saturated heterocycles. The molecule has 30 heavy (non-hydrogen) atoms. The zero-order valence-corrected chi connectivity index (χ0v) is 18.7. The number of aliphatic imine (C=N–C) groups is 1. The molecule has 3 rings (SSSR count). The summed E-state index contributed by atoms with van der Waals surface area (Å²) in [5, 5.41) is 6.60. The zero-order valence-electron chi connectivity index (χ0n) is 18.7. The number of fused-ring (bicyclic) bond motifs is 1. The molecule has 1 aromatic heterocycles. The van der Waals surface area contributed by atoms with E-state index in [9.17, 15) is 4.79 Å². The third kappa shape index (κ3) is 6.28. The maximum Gasteiger partial charge on any atom is 0.407 e. The highest BCUT2D eigenvalue weighted by atomic mass is 16.6. The lowest BCUT2D eigenvalue weighted by Crippen LogP contribution is -2.45. The molecule has 0 aromatic carbocycles. The maximum absolute atomic E-state index is 12.2. The van der Waals surface area contributed by atoms with Crippen molar-refractivity contribution in [3.05, 3.63) is 36.3 Å². The van der Waals surface area contributed by atoms with E-state index >= 15 is 0 Å². The summed E-state index contributed by atoms with van der Waals surface area (Å²) in [4.78, 5) is 19.3. The molecule has 1 amide bonds. The number of carbonyl (C=O) groups excluding carboxylic acids is 1. The topological polar surface area (TPSA) is 79.1 Å². The number of hydrogen-bond acceptors (Lipinski definition) is 4. The van der Waals surface area contributed by atoms with E-state index in [0.717, 1.165) is 56.2 Å². The number of nitrogens with zero attached hydrogens (tertiary/aromatic N) is 2. The summed E-state index contributed by atoms with van der Waals surface area (Å²) in [5.41, 5.74) is 0.550. The monoisotopic (exact) mass is 416 g/mol. The molecule has 1 aliphatic heterocycles. The zero-order chi connectivity index (χ0) is 21.7. The van der Waals surface area contributed by atoms with Crippen LogP contribution in [0, 0.1) is 11.8 Å². The van der Waals surface area contributed by atoms with E-state index in [2.05, 4.69) is 22.1 Å². The molecule has 0 radical (unpaired) electrons. The lowest BCUT2D eigenvalue weighted by molar-refractivity contribution is 0.0492. The van der Waals surface area contributed by atoms with Gasteiger partial charge in [0.05, 0.1) is 12.8 Å². The molecule has 0 spiro atoms. The van der Waals surface area contributed by atoms with Crippen LogP contribution < -0.4 is 10.6 Å². The Morgan fingerprint density at radius 1 is 1.37 bits per heavy atom. The number of furan rings is 1. The first-order chi connectivity index (χ1) is 14.2. The van der Waals surface area contributed by atoms with Crippen LogP contribution in [0.4, 0.5) is 4.79 Å². The second kappa shape index (κ2) is 9.58. The van der Waals surface area contributed by atoms with Crippen LogP contribution in [-0.4, -0.2) is 54.8 Å². The number of amides is 1. The molecule has 2 heterocycles. The minimum Gasteiger partial charge on any atom is -0.469 e. The molecule has 2 aliphatic rings. The van der Waals surface area contributed by atoms with E-state index in [1.807, 2.05) is 39.8 Å². The normalized spacial score (nSPS) is 23.9. The SMILES string of the molecule is C=C(C)CN=C(NCCc1ccco1)N1CC2CCC(NC(=O)OC(C)(C)C)C2C1. The number of nitrogens with one attached hydrogen (secondary N) is 2. The number of alkyl carbamates (subject to hydrolysis) is 1. The molecule has 2 N–H and O–H groups in total. The van der Waals surface area contributed by atoms with Crippen molar-refractivity contribution in [3.8, 4) is 0 Å². The smallest absolute Gasteiger partial charge is 0.407 e. The van der Waals surface area contributed by atoms with E-state index in [4.69, 9.17) is 14.1 Å². The van der Waals surface area contributed by atoms with Gasteiger partial charge >= 0.3 is 6.09 Å². The van der Waals surface area contributed by atoms with Gasteiger partial charge in [0, 0.05) is 38.0 Å². The van der Waals surface area contributed by atoms with Crippen LogP contribution in [0.15, 0.2) is 40.0 Å². The summed E-state index contributed by atoms with van der Waals surface area (Å²) in [6.45, 7) is 14.8. The molecule has 0 bridgehead atoms. The fraction of sp³-hybridized carbons (Fsp3) is 0.652. The van der Waals surface area contributed by atoms with Crippen LogP contribution in [0.1, 0.15) is 46.3 Å². The van der Waals surface area contributed by atoms with Crippen molar-refractivity contribution in [2.75, 3.05) is 26.2 Å². The fourth-order valence-electron chi connectivity index (χ4n) is 4.31. The van der Waals surface area contributed by atoms with Crippen LogP contribution >= 0.6 is 0 Å². The second-order valence-corrected chi connectivity index (χ2v) is 9.51. The molecule has 3 atom stereocenters. The van der Waals surface area contributed by atoms with Gasteiger partial charge < -0.3 is 24.7 Å². The van der Waals surface area contributed by atoms with Crippen molar-refractivity contribution in [2.24, 2.45) is 16.8 Å². The minimum atomic E-state index is -0.482. The van der Waals surface area contributed by atoms with Crippen molar-refractivity contribution in [2.45, 2.75) is 58.6 Å². The lowest BCUT2D eigenvalue weighted by Gasteiger charge is -2.26. The number of likely N-dealkylation sites (tertiary alicyclic amines) is 1. The van der Waals surface area contributed by atoms with Crippen molar-refractivity contribution in [1.29, 1.82) is 0 Å². The number of rotatable bonds is 6. The van der Waals surface area contributed by atoms with Gasteiger partial charge in [-0.25, -0.2) is 9.79 Å². The molecule has 166 valence electrons. The summed E-state index contributed by atoms with van der Waals surface area (Å²) in [6, 6.07) is 4.05. The second-order valence-electron chi connectivity index (χ2n) is 9.51. The predicted octanol–water partition coefficient (Wildman–Crippen LogP) is 3.58. The van der Waals surface area contributed by atoms with Gasteiger partial charge in [0.15, 0.2) is 5.96 Å². The number of hydrogen-bond donors (Lipinski definition) is 2. The van der Waals surface area contributed by atoms with Crippen LogP contribution in [0.2, 0.25) is 0 Å². The molecule has 7 heteroatoms. The molecule has 3 unspecified atom stereocenters. The Morgan fingerprint density at radius 2 is 2.17 bits per heavy atom.